The molecular weight excluding hydrogens is 276 g/mol. The first-order valence-electron chi connectivity index (χ1n) is 6.34. The largest absolute Gasteiger partial charge is 0.426 e. The molecule has 0 atom stereocenters. The van der Waals surface area contributed by atoms with Gasteiger partial charge in [0.05, 0.1) is 0 Å². The van der Waals surface area contributed by atoms with E-state index in [9.17, 15) is 14.4 Å². The van der Waals surface area contributed by atoms with Crippen molar-refractivity contribution in [3.8, 4) is 17.2 Å². The number of benzene rings is 1. The average Bonchev–Trinajstić information content (AvgIpc) is 2.35. The summed E-state index contributed by atoms with van der Waals surface area (Å²) in [6.45, 7) is 8.80. The van der Waals surface area contributed by atoms with Crippen molar-refractivity contribution < 1.29 is 28.6 Å². The molecular formula is C15H18O6. The van der Waals surface area contributed by atoms with Gasteiger partial charge < -0.3 is 14.2 Å². The van der Waals surface area contributed by atoms with Crippen molar-refractivity contribution in [1.82, 2.24) is 0 Å². The monoisotopic (exact) mass is 294 g/mol. The van der Waals surface area contributed by atoms with E-state index in [0.717, 1.165) is 0 Å². The molecule has 0 unspecified atom stereocenters. The molecule has 0 radical (unpaired) electrons. The average molecular weight is 294 g/mol. The Labute approximate surface area is 123 Å². The van der Waals surface area contributed by atoms with Crippen molar-refractivity contribution in [3.63, 3.8) is 0 Å². The van der Waals surface area contributed by atoms with Crippen molar-refractivity contribution in [2.45, 2.75) is 41.5 Å². The SMILES string of the molecule is CC(=O)Oc1c(C)c(C)c(OC(C)=O)c(OC(C)=O)c1C. The minimum Gasteiger partial charge on any atom is -0.426 e. The second-order valence-corrected chi connectivity index (χ2v) is 4.64. The highest BCUT2D eigenvalue weighted by molar-refractivity contribution is 5.78. The van der Waals surface area contributed by atoms with E-state index < -0.39 is 17.9 Å². The molecule has 1 rings (SSSR count). The summed E-state index contributed by atoms with van der Waals surface area (Å²) in [5, 5.41) is 0. The summed E-state index contributed by atoms with van der Waals surface area (Å²) in [5.41, 5.74) is 1.61. The van der Waals surface area contributed by atoms with Crippen LogP contribution in [0.4, 0.5) is 0 Å². The van der Waals surface area contributed by atoms with Crippen molar-refractivity contribution >= 4 is 17.9 Å². The van der Waals surface area contributed by atoms with Crippen LogP contribution >= 0.6 is 0 Å². The summed E-state index contributed by atoms with van der Waals surface area (Å²) in [5.74, 6) is -1.06. The van der Waals surface area contributed by atoms with Crippen LogP contribution in [0.2, 0.25) is 0 Å². The van der Waals surface area contributed by atoms with E-state index >= 15 is 0 Å². The zero-order valence-electron chi connectivity index (χ0n) is 12.9. The second-order valence-electron chi connectivity index (χ2n) is 4.64. The summed E-state index contributed by atoms with van der Waals surface area (Å²) in [6, 6.07) is 0. The maximum atomic E-state index is 11.3. The Kier molecular flexibility index (Phi) is 5.07. The molecule has 0 fully saturated rings. The zero-order chi connectivity index (χ0) is 16.3. The van der Waals surface area contributed by atoms with E-state index in [4.69, 9.17) is 14.2 Å². The van der Waals surface area contributed by atoms with Crippen molar-refractivity contribution in [1.29, 1.82) is 0 Å². The van der Waals surface area contributed by atoms with E-state index in [1.807, 2.05) is 0 Å². The molecule has 114 valence electrons. The minimum absolute atomic E-state index is 0.0806. The van der Waals surface area contributed by atoms with E-state index in [2.05, 4.69) is 0 Å². The Morgan fingerprint density at radius 2 is 0.857 bits per heavy atom. The van der Waals surface area contributed by atoms with Gasteiger partial charge in [0.25, 0.3) is 0 Å². The molecule has 0 aliphatic heterocycles. The molecule has 6 nitrogen and oxygen atoms in total. The lowest BCUT2D eigenvalue weighted by Crippen LogP contribution is -2.13. The van der Waals surface area contributed by atoms with Crippen LogP contribution in [0, 0.1) is 20.8 Å². The topological polar surface area (TPSA) is 78.9 Å². The minimum atomic E-state index is -0.566. The van der Waals surface area contributed by atoms with Crippen LogP contribution in [-0.2, 0) is 14.4 Å². The molecule has 1 aromatic rings. The van der Waals surface area contributed by atoms with Crippen LogP contribution in [0.1, 0.15) is 37.5 Å². The van der Waals surface area contributed by atoms with Gasteiger partial charge in [-0.2, -0.15) is 0 Å². The molecule has 0 aliphatic carbocycles. The first-order chi connectivity index (χ1) is 9.65. The maximum Gasteiger partial charge on any atom is 0.308 e. The lowest BCUT2D eigenvalue weighted by atomic mass is 10.0. The molecule has 0 saturated heterocycles. The predicted molar refractivity (Wildman–Crippen MR) is 74.6 cm³/mol. The highest BCUT2D eigenvalue weighted by Gasteiger charge is 2.24. The predicted octanol–water partition coefficient (Wildman–Crippen LogP) is 2.39. The Morgan fingerprint density at radius 3 is 1.24 bits per heavy atom. The number of hydrogen-bond acceptors (Lipinski definition) is 6. The summed E-state index contributed by atoms with van der Waals surface area (Å²) >= 11 is 0. The van der Waals surface area contributed by atoms with Gasteiger partial charge in [-0.3, -0.25) is 14.4 Å². The first-order valence-corrected chi connectivity index (χ1v) is 6.34. The molecule has 21 heavy (non-hydrogen) atoms. The van der Waals surface area contributed by atoms with Gasteiger partial charge in [-0.25, -0.2) is 0 Å². The molecule has 0 heterocycles. The molecule has 6 heteroatoms. The Morgan fingerprint density at radius 1 is 0.571 bits per heavy atom. The lowest BCUT2D eigenvalue weighted by molar-refractivity contribution is -0.134. The van der Waals surface area contributed by atoms with Crippen LogP contribution in [-0.4, -0.2) is 17.9 Å². The number of ether oxygens (including phenoxy) is 3. The van der Waals surface area contributed by atoms with Gasteiger partial charge in [0.15, 0.2) is 11.5 Å². The normalized spacial score (nSPS) is 10.0. The van der Waals surface area contributed by atoms with E-state index in [0.29, 0.717) is 22.4 Å². The maximum absolute atomic E-state index is 11.3. The number of carbonyl (C=O) groups is 3. The first kappa shape index (κ1) is 16.7. The van der Waals surface area contributed by atoms with Crippen molar-refractivity contribution in [3.05, 3.63) is 16.7 Å². The molecule has 0 amide bonds. The fourth-order valence-corrected chi connectivity index (χ4v) is 1.90. The van der Waals surface area contributed by atoms with Crippen molar-refractivity contribution in [2.75, 3.05) is 0 Å². The summed E-state index contributed by atoms with van der Waals surface area (Å²) < 4.78 is 15.4. The van der Waals surface area contributed by atoms with Crippen LogP contribution in [0.5, 0.6) is 17.2 Å². The van der Waals surface area contributed by atoms with Gasteiger partial charge in [-0.05, 0) is 26.3 Å². The number of hydrogen-bond donors (Lipinski definition) is 0. The van der Waals surface area contributed by atoms with Crippen LogP contribution in [0.15, 0.2) is 0 Å². The quantitative estimate of drug-likeness (QED) is 0.629. The molecule has 0 aromatic heterocycles. The van der Waals surface area contributed by atoms with Gasteiger partial charge in [-0.1, -0.05) is 0 Å². The Balaban J connectivity index is 3.60. The molecule has 0 aliphatic rings. The van der Waals surface area contributed by atoms with Crippen LogP contribution in [0.3, 0.4) is 0 Å². The highest BCUT2D eigenvalue weighted by atomic mass is 16.6. The molecule has 0 bridgehead atoms. The third-order valence-corrected chi connectivity index (χ3v) is 2.87. The van der Waals surface area contributed by atoms with Crippen LogP contribution < -0.4 is 14.2 Å². The summed E-state index contributed by atoms with van der Waals surface area (Å²) in [6.07, 6.45) is 0. The molecule has 0 spiro atoms. The second kappa shape index (κ2) is 6.39. The molecule has 0 N–H and O–H groups in total. The van der Waals surface area contributed by atoms with Gasteiger partial charge in [-0.15, -0.1) is 0 Å². The van der Waals surface area contributed by atoms with Gasteiger partial charge in [0.2, 0.25) is 0 Å². The van der Waals surface area contributed by atoms with Crippen molar-refractivity contribution in [2.24, 2.45) is 0 Å². The number of carbonyl (C=O) groups excluding carboxylic acids is 3. The Hall–Kier alpha value is -2.37. The molecule has 0 saturated carbocycles. The van der Waals surface area contributed by atoms with Gasteiger partial charge in [0.1, 0.15) is 5.75 Å². The smallest absolute Gasteiger partial charge is 0.308 e. The standard InChI is InChI=1S/C15H18O6/c1-7-8(2)14(20-11(5)17)15(21-12(6)18)9(3)13(7)19-10(4)16/h1-6H3. The van der Waals surface area contributed by atoms with Gasteiger partial charge in [0, 0.05) is 31.9 Å². The third-order valence-electron chi connectivity index (χ3n) is 2.87. The van der Waals surface area contributed by atoms with E-state index in [1.165, 1.54) is 20.8 Å². The summed E-state index contributed by atoms with van der Waals surface area (Å²) in [7, 11) is 0. The lowest BCUT2D eigenvalue weighted by Gasteiger charge is -2.19. The fraction of sp³-hybridized carbons (Fsp3) is 0.400. The fourth-order valence-electron chi connectivity index (χ4n) is 1.90. The van der Waals surface area contributed by atoms with Gasteiger partial charge >= 0.3 is 17.9 Å². The number of esters is 3. The number of rotatable bonds is 3. The van der Waals surface area contributed by atoms with E-state index in [-0.39, 0.29) is 11.5 Å². The Bertz CT molecular complexity index is 615. The summed E-state index contributed by atoms with van der Waals surface area (Å²) in [4.78, 5) is 33.7. The zero-order valence-corrected chi connectivity index (χ0v) is 12.9. The van der Waals surface area contributed by atoms with E-state index in [1.54, 1.807) is 20.8 Å². The molecule has 1 aromatic carbocycles. The third kappa shape index (κ3) is 3.81. The van der Waals surface area contributed by atoms with Crippen LogP contribution in [0.25, 0.3) is 0 Å². The highest BCUT2D eigenvalue weighted by Crippen LogP contribution is 2.43.